The molecule has 9 heteroatoms. The van der Waals surface area contributed by atoms with Gasteiger partial charge >= 0.3 is 0 Å². The first-order valence-electron chi connectivity index (χ1n) is 11.2. The van der Waals surface area contributed by atoms with Crippen molar-refractivity contribution in [1.82, 2.24) is 18.7 Å². The number of benzene rings is 2. The average molecular weight is 481 g/mol. The number of aryl methyl sites for hydroxylation is 1. The Morgan fingerprint density at radius 1 is 1.03 bits per heavy atom. The summed E-state index contributed by atoms with van der Waals surface area (Å²) in [6.45, 7) is 4.83. The molecule has 7 nitrogen and oxygen atoms in total. The van der Waals surface area contributed by atoms with Crippen LogP contribution in [0.1, 0.15) is 31.5 Å². The van der Waals surface area contributed by atoms with E-state index in [-0.39, 0.29) is 22.4 Å². The average Bonchev–Trinajstić information content (AvgIpc) is 3.40. The van der Waals surface area contributed by atoms with Crippen LogP contribution >= 0.6 is 0 Å². The van der Waals surface area contributed by atoms with Crippen molar-refractivity contribution in [3.63, 3.8) is 0 Å². The minimum Gasteiger partial charge on any atom is -0.343 e. The highest BCUT2D eigenvalue weighted by atomic mass is 32.2. The zero-order valence-corrected chi connectivity index (χ0v) is 19.8. The number of piperidine rings is 1. The summed E-state index contributed by atoms with van der Waals surface area (Å²) in [5, 5.41) is 5.35. The standard InChI is InChI=1S/C25H25FN4O3S/c1-17-23(15-29(27-17)20-10-12-28(13-11-20)18(2)31)24-16-30(25-14-19(26)8-9-22(24)25)34(32,33)21-6-4-3-5-7-21/h3-9,14-16,20H,10-13H2,1-2H3. The maximum atomic E-state index is 14.2. The van der Waals surface area contributed by atoms with Crippen molar-refractivity contribution in [3.8, 4) is 11.1 Å². The van der Waals surface area contributed by atoms with E-state index in [0.29, 0.717) is 24.0 Å². The number of aromatic nitrogens is 3. The molecule has 0 bridgehead atoms. The largest absolute Gasteiger partial charge is 0.343 e. The van der Waals surface area contributed by atoms with Gasteiger partial charge in [0.2, 0.25) is 5.91 Å². The minimum atomic E-state index is -3.92. The number of carbonyl (C=O) groups excluding carboxylic acids is 1. The molecular weight excluding hydrogens is 455 g/mol. The van der Waals surface area contributed by atoms with Crippen LogP contribution in [0.5, 0.6) is 0 Å². The van der Waals surface area contributed by atoms with Crippen LogP contribution in [0.2, 0.25) is 0 Å². The van der Waals surface area contributed by atoms with E-state index < -0.39 is 15.8 Å². The van der Waals surface area contributed by atoms with Crippen molar-refractivity contribution < 1.29 is 17.6 Å². The van der Waals surface area contributed by atoms with Crippen molar-refractivity contribution in [2.24, 2.45) is 0 Å². The quantitative estimate of drug-likeness (QED) is 0.435. The van der Waals surface area contributed by atoms with E-state index in [1.54, 1.807) is 37.4 Å². The molecule has 0 N–H and O–H groups in total. The minimum absolute atomic E-state index is 0.0791. The van der Waals surface area contributed by atoms with Crippen LogP contribution in [0.15, 0.2) is 65.8 Å². The Bertz CT molecular complexity index is 1480. The van der Waals surface area contributed by atoms with Gasteiger partial charge in [-0.05, 0) is 50.1 Å². The Hall–Kier alpha value is -3.46. The molecule has 1 aliphatic rings. The zero-order valence-electron chi connectivity index (χ0n) is 19.0. The van der Waals surface area contributed by atoms with Gasteiger partial charge in [0.25, 0.3) is 10.0 Å². The van der Waals surface area contributed by atoms with Gasteiger partial charge < -0.3 is 4.90 Å². The molecule has 34 heavy (non-hydrogen) atoms. The van der Waals surface area contributed by atoms with E-state index in [9.17, 15) is 17.6 Å². The van der Waals surface area contributed by atoms with E-state index in [1.165, 1.54) is 24.3 Å². The third kappa shape index (κ3) is 3.79. The summed E-state index contributed by atoms with van der Waals surface area (Å²) in [7, 11) is -3.92. The van der Waals surface area contributed by atoms with Crippen LogP contribution in [0, 0.1) is 12.7 Å². The van der Waals surface area contributed by atoms with Gasteiger partial charge in [-0.2, -0.15) is 5.10 Å². The molecule has 1 saturated heterocycles. The molecule has 5 rings (SSSR count). The summed E-state index contributed by atoms with van der Waals surface area (Å²) in [6, 6.07) is 12.5. The van der Waals surface area contributed by atoms with Crippen molar-refractivity contribution in [2.45, 2.75) is 37.6 Å². The second-order valence-electron chi connectivity index (χ2n) is 8.66. The number of hydrogen-bond acceptors (Lipinski definition) is 4. The van der Waals surface area contributed by atoms with Crippen molar-refractivity contribution in [3.05, 3.63) is 72.4 Å². The van der Waals surface area contributed by atoms with E-state index in [2.05, 4.69) is 0 Å². The smallest absolute Gasteiger partial charge is 0.268 e. The SMILES string of the molecule is CC(=O)N1CCC(n2cc(-c3cn(S(=O)(=O)c4ccccc4)c4cc(F)ccc34)c(C)n2)CC1. The van der Waals surface area contributed by atoms with Gasteiger partial charge in [-0.3, -0.25) is 9.48 Å². The Morgan fingerprint density at radius 3 is 2.41 bits per heavy atom. The number of fused-ring (bicyclic) bond motifs is 1. The van der Waals surface area contributed by atoms with Gasteiger partial charge in [-0.1, -0.05) is 18.2 Å². The molecule has 1 fully saturated rings. The lowest BCUT2D eigenvalue weighted by Crippen LogP contribution is -2.37. The topological polar surface area (TPSA) is 77.2 Å². The summed E-state index contributed by atoms with van der Waals surface area (Å²) < 4.78 is 44.1. The number of likely N-dealkylation sites (tertiary alicyclic amines) is 1. The highest BCUT2D eigenvalue weighted by molar-refractivity contribution is 7.90. The van der Waals surface area contributed by atoms with Crippen LogP contribution in [0.4, 0.5) is 4.39 Å². The van der Waals surface area contributed by atoms with E-state index in [0.717, 1.165) is 28.1 Å². The first kappa shape index (κ1) is 22.3. The first-order valence-corrected chi connectivity index (χ1v) is 12.6. The molecule has 0 radical (unpaired) electrons. The summed E-state index contributed by atoms with van der Waals surface area (Å²) >= 11 is 0. The van der Waals surface area contributed by atoms with E-state index in [4.69, 9.17) is 5.10 Å². The van der Waals surface area contributed by atoms with Crippen LogP contribution in [-0.4, -0.2) is 46.1 Å². The van der Waals surface area contributed by atoms with E-state index >= 15 is 0 Å². The Morgan fingerprint density at radius 2 is 1.74 bits per heavy atom. The lowest BCUT2D eigenvalue weighted by atomic mass is 10.0. The van der Waals surface area contributed by atoms with Crippen molar-refractivity contribution >= 4 is 26.8 Å². The maximum absolute atomic E-state index is 14.2. The number of rotatable bonds is 4. The lowest BCUT2D eigenvalue weighted by molar-refractivity contribution is -0.130. The Balaban J connectivity index is 1.59. The predicted octanol–water partition coefficient (Wildman–Crippen LogP) is 4.37. The predicted molar refractivity (Wildman–Crippen MR) is 127 cm³/mol. The maximum Gasteiger partial charge on any atom is 0.268 e. The van der Waals surface area contributed by atoms with Crippen LogP contribution in [-0.2, 0) is 14.8 Å². The Kier molecular flexibility index (Phi) is 5.51. The summed E-state index contributed by atoms with van der Waals surface area (Å²) in [4.78, 5) is 13.6. The molecule has 2 aromatic carbocycles. The summed E-state index contributed by atoms with van der Waals surface area (Å²) in [5.74, 6) is -0.429. The molecule has 2 aromatic heterocycles. The molecule has 176 valence electrons. The second kappa shape index (κ2) is 8.39. The number of hydrogen-bond donors (Lipinski definition) is 0. The molecule has 0 aliphatic carbocycles. The molecule has 1 aliphatic heterocycles. The van der Waals surface area contributed by atoms with Gasteiger partial charge in [-0.15, -0.1) is 0 Å². The highest BCUT2D eigenvalue weighted by Gasteiger charge is 2.26. The molecule has 1 amide bonds. The lowest BCUT2D eigenvalue weighted by Gasteiger charge is -2.31. The number of halogens is 1. The van der Waals surface area contributed by atoms with Gasteiger partial charge in [0, 0.05) is 48.9 Å². The molecule has 0 atom stereocenters. The fourth-order valence-corrected chi connectivity index (χ4v) is 6.05. The van der Waals surface area contributed by atoms with Gasteiger partial charge in [0.05, 0.1) is 22.1 Å². The van der Waals surface area contributed by atoms with Crippen molar-refractivity contribution in [2.75, 3.05) is 13.1 Å². The fourth-order valence-electron chi connectivity index (χ4n) is 4.67. The third-order valence-electron chi connectivity index (χ3n) is 6.52. The number of carbonyl (C=O) groups is 1. The third-order valence-corrected chi connectivity index (χ3v) is 8.21. The van der Waals surface area contributed by atoms with Crippen molar-refractivity contribution in [1.29, 1.82) is 0 Å². The summed E-state index contributed by atoms with van der Waals surface area (Å²) in [6.07, 6.45) is 5.09. The zero-order chi connectivity index (χ0) is 24.0. The fraction of sp³-hybridized carbons (Fsp3) is 0.280. The monoisotopic (exact) mass is 480 g/mol. The number of amides is 1. The van der Waals surface area contributed by atoms with Crippen LogP contribution in [0.25, 0.3) is 22.0 Å². The number of nitrogens with zero attached hydrogens (tertiary/aromatic N) is 4. The summed E-state index contributed by atoms with van der Waals surface area (Å²) in [5.41, 5.74) is 2.52. The molecule has 0 spiro atoms. The van der Waals surface area contributed by atoms with Crippen LogP contribution < -0.4 is 0 Å². The van der Waals surface area contributed by atoms with Gasteiger partial charge in [0.15, 0.2) is 0 Å². The first-order chi connectivity index (χ1) is 16.3. The molecule has 0 saturated carbocycles. The molecule has 0 unspecified atom stereocenters. The highest BCUT2D eigenvalue weighted by Crippen LogP contribution is 2.36. The molecule has 3 heterocycles. The Labute approximate surface area is 197 Å². The van der Waals surface area contributed by atoms with Gasteiger partial charge in [-0.25, -0.2) is 16.8 Å². The second-order valence-corrected chi connectivity index (χ2v) is 10.5. The van der Waals surface area contributed by atoms with E-state index in [1.807, 2.05) is 22.7 Å². The molecular formula is C25H25FN4O3S. The van der Waals surface area contributed by atoms with Crippen LogP contribution in [0.3, 0.4) is 0 Å². The molecule has 4 aromatic rings. The normalized spacial score (nSPS) is 15.2. The van der Waals surface area contributed by atoms with Gasteiger partial charge in [0.1, 0.15) is 5.82 Å².